The molecule has 0 spiro atoms. The fourth-order valence-electron chi connectivity index (χ4n) is 2.31. The van der Waals surface area contributed by atoms with Crippen molar-refractivity contribution in [3.05, 3.63) is 35.9 Å². The molecule has 0 amide bonds. The van der Waals surface area contributed by atoms with E-state index >= 15 is 0 Å². The first-order valence-corrected chi connectivity index (χ1v) is 6.71. The topological polar surface area (TPSA) is 3.24 Å². The zero-order valence-corrected chi connectivity index (χ0v) is 10.5. The van der Waals surface area contributed by atoms with E-state index in [1.54, 1.807) is 0 Å². The van der Waals surface area contributed by atoms with Crippen LogP contribution in [0.3, 0.4) is 0 Å². The lowest BCUT2D eigenvalue weighted by Gasteiger charge is -2.22. The minimum Gasteiger partial charge on any atom is -0.302 e. The lowest BCUT2D eigenvalue weighted by Crippen LogP contribution is -2.28. The predicted octanol–water partition coefficient (Wildman–Crippen LogP) is 3.84. The molecule has 1 aliphatic rings. The van der Waals surface area contributed by atoms with Gasteiger partial charge in [0.05, 0.1) is 5.38 Å². The van der Waals surface area contributed by atoms with Crippen molar-refractivity contribution in [1.82, 2.24) is 4.90 Å². The first kappa shape index (κ1) is 11.9. The summed E-state index contributed by atoms with van der Waals surface area (Å²) in [5.41, 5.74) is 1.24. The minimum absolute atomic E-state index is 0.138. The summed E-state index contributed by atoms with van der Waals surface area (Å²) in [6, 6.07) is 10.4. The Morgan fingerprint density at radius 2 is 1.62 bits per heavy atom. The molecule has 0 aromatic heterocycles. The molecule has 0 radical (unpaired) electrons. The van der Waals surface area contributed by atoms with Gasteiger partial charge in [-0.25, -0.2) is 0 Å². The Morgan fingerprint density at radius 3 is 2.25 bits per heavy atom. The van der Waals surface area contributed by atoms with Gasteiger partial charge in [-0.05, 0) is 31.5 Å². The van der Waals surface area contributed by atoms with E-state index in [0.717, 1.165) is 6.54 Å². The molecule has 1 fully saturated rings. The largest absolute Gasteiger partial charge is 0.302 e. The van der Waals surface area contributed by atoms with Gasteiger partial charge < -0.3 is 4.90 Å². The van der Waals surface area contributed by atoms with Crippen LogP contribution in [0.5, 0.6) is 0 Å². The van der Waals surface area contributed by atoms with Crippen LogP contribution < -0.4 is 0 Å². The summed E-state index contributed by atoms with van der Waals surface area (Å²) in [5.74, 6) is 0. The Kier molecular flexibility index (Phi) is 4.68. The molecule has 1 atom stereocenters. The maximum Gasteiger partial charge on any atom is 0.0712 e. The second kappa shape index (κ2) is 6.27. The molecule has 1 heterocycles. The Morgan fingerprint density at radius 1 is 1.00 bits per heavy atom. The van der Waals surface area contributed by atoms with Crippen LogP contribution in [0.15, 0.2) is 30.3 Å². The van der Waals surface area contributed by atoms with Gasteiger partial charge in [-0.3, -0.25) is 0 Å². The second-order valence-corrected chi connectivity index (χ2v) is 5.12. The molecule has 0 aliphatic carbocycles. The molecule has 2 heteroatoms. The van der Waals surface area contributed by atoms with E-state index in [1.165, 1.54) is 44.3 Å². The molecule has 2 rings (SSSR count). The van der Waals surface area contributed by atoms with Gasteiger partial charge in [0.25, 0.3) is 0 Å². The molecule has 1 aromatic carbocycles. The van der Waals surface area contributed by atoms with Crippen LogP contribution in [0.4, 0.5) is 0 Å². The van der Waals surface area contributed by atoms with Crippen LogP contribution in [0.1, 0.15) is 36.6 Å². The highest BCUT2D eigenvalue weighted by atomic mass is 35.5. The van der Waals surface area contributed by atoms with Crippen molar-refractivity contribution in [3.63, 3.8) is 0 Å². The molecule has 0 saturated carbocycles. The lowest BCUT2D eigenvalue weighted by atomic mass is 10.1. The Hall–Kier alpha value is -0.530. The number of nitrogens with zero attached hydrogens (tertiary/aromatic N) is 1. The van der Waals surface area contributed by atoms with E-state index in [2.05, 4.69) is 29.2 Å². The smallest absolute Gasteiger partial charge is 0.0712 e. The van der Waals surface area contributed by atoms with E-state index < -0.39 is 0 Å². The summed E-state index contributed by atoms with van der Waals surface area (Å²) >= 11 is 6.45. The number of alkyl halides is 1. The zero-order chi connectivity index (χ0) is 11.2. The highest BCUT2D eigenvalue weighted by molar-refractivity contribution is 6.21. The number of halogens is 1. The molecule has 1 aromatic rings. The van der Waals surface area contributed by atoms with Gasteiger partial charge in [-0.1, -0.05) is 43.2 Å². The Bertz CT molecular complexity index is 291. The van der Waals surface area contributed by atoms with Gasteiger partial charge in [0.15, 0.2) is 0 Å². The van der Waals surface area contributed by atoms with Crippen molar-refractivity contribution in [1.29, 1.82) is 0 Å². The fourth-order valence-corrected chi connectivity index (χ4v) is 2.65. The van der Waals surface area contributed by atoms with E-state index in [1.807, 2.05) is 6.07 Å². The van der Waals surface area contributed by atoms with Crippen LogP contribution in [-0.4, -0.2) is 24.5 Å². The predicted molar refractivity (Wildman–Crippen MR) is 69.9 cm³/mol. The third-order valence-electron chi connectivity index (χ3n) is 3.28. The second-order valence-electron chi connectivity index (χ2n) is 4.59. The van der Waals surface area contributed by atoms with Gasteiger partial charge in [0.2, 0.25) is 0 Å². The fraction of sp³-hybridized carbons (Fsp3) is 0.571. The first-order chi connectivity index (χ1) is 7.86. The summed E-state index contributed by atoms with van der Waals surface area (Å²) in [5, 5.41) is 0.138. The van der Waals surface area contributed by atoms with Crippen molar-refractivity contribution < 1.29 is 0 Å². The van der Waals surface area contributed by atoms with E-state index in [4.69, 9.17) is 11.6 Å². The van der Waals surface area contributed by atoms with Crippen molar-refractivity contribution in [3.8, 4) is 0 Å². The summed E-state index contributed by atoms with van der Waals surface area (Å²) in [6.45, 7) is 3.43. The van der Waals surface area contributed by atoms with Crippen LogP contribution >= 0.6 is 11.6 Å². The molecule has 1 nitrogen and oxygen atoms in total. The quantitative estimate of drug-likeness (QED) is 0.722. The summed E-state index contributed by atoms with van der Waals surface area (Å²) in [7, 11) is 0. The molecule has 1 saturated heterocycles. The first-order valence-electron chi connectivity index (χ1n) is 6.27. The SMILES string of the molecule is ClC(CN1CCCCCC1)c1ccccc1. The van der Waals surface area contributed by atoms with Crippen LogP contribution in [0, 0.1) is 0 Å². The molecule has 0 N–H and O–H groups in total. The summed E-state index contributed by atoms with van der Waals surface area (Å²) in [6.07, 6.45) is 5.43. The van der Waals surface area contributed by atoms with Crippen molar-refractivity contribution in [2.75, 3.05) is 19.6 Å². The number of hydrogen-bond donors (Lipinski definition) is 0. The summed E-state index contributed by atoms with van der Waals surface area (Å²) < 4.78 is 0. The highest BCUT2D eigenvalue weighted by Crippen LogP contribution is 2.22. The molecular weight excluding hydrogens is 218 g/mol. The van der Waals surface area contributed by atoms with Gasteiger partial charge in [-0.2, -0.15) is 0 Å². The minimum atomic E-state index is 0.138. The number of rotatable bonds is 3. The zero-order valence-electron chi connectivity index (χ0n) is 9.74. The number of benzene rings is 1. The molecule has 0 bridgehead atoms. The van der Waals surface area contributed by atoms with Gasteiger partial charge >= 0.3 is 0 Å². The molecule has 1 aliphatic heterocycles. The van der Waals surface area contributed by atoms with Crippen molar-refractivity contribution in [2.24, 2.45) is 0 Å². The lowest BCUT2D eigenvalue weighted by molar-refractivity contribution is 0.285. The average molecular weight is 238 g/mol. The Labute approximate surface area is 103 Å². The van der Waals surface area contributed by atoms with E-state index in [9.17, 15) is 0 Å². The van der Waals surface area contributed by atoms with Crippen molar-refractivity contribution in [2.45, 2.75) is 31.1 Å². The molecular formula is C14H20ClN. The van der Waals surface area contributed by atoms with Gasteiger partial charge in [-0.15, -0.1) is 11.6 Å². The molecule has 1 unspecified atom stereocenters. The summed E-state index contributed by atoms with van der Waals surface area (Å²) in [4.78, 5) is 2.51. The van der Waals surface area contributed by atoms with Crippen LogP contribution in [0.25, 0.3) is 0 Å². The van der Waals surface area contributed by atoms with Crippen molar-refractivity contribution >= 4 is 11.6 Å². The maximum absolute atomic E-state index is 6.45. The number of likely N-dealkylation sites (tertiary alicyclic amines) is 1. The Balaban J connectivity index is 1.88. The molecule has 88 valence electrons. The van der Waals surface area contributed by atoms with E-state index in [-0.39, 0.29) is 5.38 Å². The van der Waals surface area contributed by atoms with E-state index in [0.29, 0.717) is 0 Å². The van der Waals surface area contributed by atoms with Crippen LogP contribution in [-0.2, 0) is 0 Å². The average Bonchev–Trinajstić information content (AvgIpc) is 2.59. The third kappa shape index (κ3) is 3.50. The number of hydrogen-bond acceptors (Lipinski definition) is 1. The van der Waals surface area contributed by atoms with Gasteiger partial charge in [0.1, 0.15) is 0 Å². The van der Waals surface area contributed by atoms with Crippen LogP contribution in [0.2, 0.25) is 0 Å². The van der Waals surface area contributed by atoms with Gasteiger partial charge in [0, 0.05) is 6.54 Å². The standard InChI is InChI=1S/C14H20ClN/c15-14(13-8-4-3-5-9-13)12-16-10-6-1-2-7-11-16/h3-5,8-9,14H,1-2,6-7,10-12H2. The third-order valence-corrected chi connectivity index (χ3v) is 3.67. The molecule has 16 heavy (non-hydrogen) atoms. The monoisotopic (exact) mass is 237 g/mol. The maximum atomic E-state index is 6.45. The highest BCUT2D eigenvalue weighted by Gasteiger charge is 2.14. The normalized spacial score (nSPS) is 20.3.